The number of rotatable bonds is 6. The van der Waals surface area contributed by atoms with Gasteiger partial charge in [0.15, 0.2) is 0 Å². The van der Waals surface area contributed by atoms with Gasteiger partial charge in [-0.1, -0.05) is 28.1 Å². The van der Waals surface area contributed by atoms with Gasteiger partial charge in [-0.25, -0.2) is 0 Å². The third kappa shape index (κ3) is 3.56. The molecule has 0 aliphatic heterocycles. The van der Waals surface area contributed by atoms with Crippen LogP contribution in [0.25, 0.3) is 0 Å². The normalized spacial score (nSPS) is 17.4. The first-order valence-corrected chi connectivity index (χ1v) is 7.62. The zero-order valence-electron chi connectivity index (χ0n) is 11.3. The van der Waals surface area contributed by atoms with Gasteiger partial charge < -0.3 is 5.73 Å². The maximum absolute atomic E-state index is 6.03. The van der Waals surface area contributed by atoms with E-state index in [1.54, 1.807) is 0 Å². The van der Waals surface area contributed by atoms with Gasteiger partial charge in [0.25, 0.3) is 0 Å². The maximum atomic E-state index is 6.03. The van der Waals surface area contributed by atoms with E-state index in [1.807, 2.05) is 0 Å². The van der Waals surface area contributed by atoms with E-state index in [-0.39, 0.29) is 0 Å². The lowest BCUT2D eigenvalue weighted by Crippen LogP contribution is -2.40. The van der Waals surface area contributed by atoms with Crippen molar-refractivity contribution >= 4 is 15.9 Å². The topological polar surface area (TPSA) is 29.3 Å². The molecule has 1 aromatic rings. The molecule has 1 aliphatic carbocycles. The SMILES string of the molecule is CC(C)N(CC1CC1)C(CN)c1cccc(Br)c1. The Labute approximate surface area is 119 Å². The van der Waals surface area contributed by atoms with Crippen molar-refractivity contribution in [2.24, 2.45) is 11.7 Å². The number of nitrogens with two attached hydrogens (primary N) is 1. The summed E-state index contributed by atoms with van der Waals surface area (Å²) in [5.41, 5.74) is 7.35. The van der Waals surface area contributed by atoms with E-state index >= 15 is 0 Å². The van der Waals surface area contributed by atoms with Crippen molar-refractivity contribution in [3.8, 4) is 0 Å². The molecule has 3 heteroatoms. The van der Waals surface area contributed by atoms with Crippen LogP contribution in [0.2, 0.25) is 0 Å². The summed E-state index contributed by atoms with van der Waals surface area (Å²) in [5, 5.41) is 0. The van der Waals surface area contributed by atoms with Crippen LogP contribution < -0.4 is 5.73 Å². The molecule has 1 unspecified atom stereocenters. The van der Waals surface area contributed by atoms with E-state index in [9.17, 15) is 0 Å². The molecule has 0 amide bonds. The summed E-state index contributed by atoms with van der Waals surface area (Å²) >= 11 is 3.55. The van der Waals surface area contributed by atoms with Crippen LogP contribution in [0.15, 0.2) is 28.7 Å². The Morgan fingerprint density at radius 1 is 1.39 bits per heavy atom. The minimum Gasteiger partial charge on any atom is -0.329 e. The third-order valence-corrected chi connectivity index (χ3v) is 4.18. The van der Waals surface area contributed by atoms with E-state index in [0.29, 0.717) is 18.6 Å². The number of hydrogen-bond acceptors (Lipinski definition) is 2. The molecule has 2 N–H and O–H groups in total. The largest absolute Gasteiger partial charge is 0.329 e. The van der Waals surface area contributed by atoms with E-state index in [2.05, 4.69) is 58.9 Å². The number of halogens is 1. The third-order valence-electron chi connectivity index (χ3n) is 3.69. The highest BCUT2D eigenvalue weighted by atomic mass is 79.9. The second-order valence-corrected chi connectivity index (χ2v) is 6.46. The van der Waals surface area contributed by atoms with Gasteiger partial charge in [-0.05, 0) is 50.3 Å². The molecule has 1 fully saturated rings. The van der Waals surface area contributed by atoms with Crippen molar-refractivity contribution in [1.29, 1.82) is 0 Å². The minimum absolute atomic E-state index is 0.336. The Bertz CT molecular complexity index is 388. The fraction of sp³-hybridized carbons (Fsp3) is 0.600. The maximum Gasteiger partial charge on any atom is 0.0473 e. The second kappa shape index (κ2) is 6.18. The average Bonchev–Trinajstić information content (AvgIpc) is 3.12. The number of hydrogen-bond donors (Lipinski definition) is 1. The molecule has 1 aliphatic rings. The second-order valence-electron chi connectivity index (χ2n) is 5.54. The summed E-state index contributed by atoms with van der Waals surface area (Å²) in [6.45, 7) is 6.40. The lowest BCUT2D eigenvalue weighted by Gasteiger charge is -2.35. The van der Waals surface area contributed by atoms with Gasteiger partial charge in [-0.15, -0.1) is 0 Å². The van der Waals surface area contributed by atoms with Crippen molar-refractivity contribution in [3.63, 3.8) is 0 Å². The highest BCUT2D eigenvalue weighted by molar-refractivity contribution is 9.10. The van der Waals surface area contributed by atoms with E-state index in [4.69, 9.17) is 5.73 Å². The Morgan fingerprint density at radius 2 is 2.11 bits per heavy atom. The zero-order chi connectivity index (χ0) is 13.1. The molecule has 1 atom stereocenters. The molecule has 2 rings (SSSR count). The number of benzene rings is 1. The van der Waals surface area contributed by atoms with E-state index in [1.165, 1.54) is 24.9 Å². The molecule has 1 saturated carbocycles. The fourth-order valence-corrected chi connectivity index (χ4v) is 2.89. The van der Waals surface area contributed by atoms with Crippen molar-refractivity contribution < 1.29 is 0 Å². The Balaban J connectivity index is 2.18. The van der Waals surface area contributed by atoms with Crippen molar-refractivity contribution in [2.75, 3.05) is 13.1 Å². The molecule has 18 heavy (non-hydrogen) atoms. The smallest absolute Gasteiger partial charge is 0.0473 e. The van der Waals surface area contributed by atoms with Crippen LogP contribution >= 0.6 is 15.9 Å². The van der Waals surface area contributed by atoms with Gasteiger partial charge in [0.2, 0.25) is 0 Å². The van der Waals surface area contributed by atoms with Crippen LogP contribution in [0, 0.1) is 5.92 Å². The Hall–Kier alpha value is -0.380. The monoisotopic (exact) mass is 310 g/mol. The minimum atomic E-state index is 0.336. The lowest BCUT2D eigenvalue weighted by molar-refractivity contribution is 0.149. The van der Waals surface area contributed by atoms with E-state index in [0.717, 1.165) is 10.4 Å². The molecule has 0 bridgehead atoms. The summed E-state index contributed by atoms with van der Waals surface area (Å²) in [6.07, 6.45) is 2.78. The first-order valence-electron chi connectivity index (χ1n) is 6.83. The average molecular weight is 311 g/mol. The standard InChI is InChI=1S/C15H23BrN2/c1-11(2)18(10-12-6-7-12)15(9-17)13-4-3-5-14(16)8-13/h3-5,8,11-12,15H,6-7,9-10,17H2,1-2H3. The first kappa shape index (κ1) is 14.0. The molecular formula is C15H23BrN2. The summed E-state index contributed by atoms with van der Waals surface area (Å²) in [6, 6.07) is 9.42. The molecule has 100 valence electrons. The van der Waals surface area contributed by atoms with Crippen LogP contribution in [0.3, 0.4) is 0 Å². The van der Waals surface area contributed by atoms with Gasteiger partial charge in [-0.2, -0.15) is 0 Å². The molecule has 0 spiro atoms. The van der Waals surface area contributed by atoms with Crippen molar-refractivity contribution in [1.82, 2.24) is 4.90 Å². The molecule has 0 radical (unpaired) electrons. The first-order chi connectivity index (χ1) is 8.61. The van der Waals surface area contributed by atoms with Gasteiger partial charge >= 0.3 is 0 Å². The summed E-state index contributed by atoms with van der Waals surface area (Å²) in [4.78, 5) is 2.55. The van der Waals surface area contributed by atoms with Crippen LogP contribution in [0.5, 0.6) is 0 Å². The predicted octanol–water partition coefficient (Wildman–Crippen LogP) is 3.57. The van der Waals surface area contributed by atoms with E-state index < -0.39 is 0 Å². The molecule has 0 aromatic heterocycles. The molecule has 2 nitrogen and oxygen atoms in total. The van der Waals surface area contributed by atoms with Crippen LogP contribution in [0.1, 0.15) is 38.3 Å². The Kier molecular flexibility index (Phi) is 4.82. The van der Waals surface area contributed by atoms with Gasteiger partial charge in [0.1, 0.15) is 0 Å². The van der Waals surface area contributed by atoms with Crippen molar-refractivity contribution in [3.05, 3.63) is 34.3 Å². The lowest BCUT2D eigenvalue weighted by atomic mass is 10.0. The summed E-state index contributed by atoms with van der Waals surface area (Å²) in [5.74, 6) is 0.897. The van der Waals surface area contributed by atoms with Gasteiger partial charge in [0.05, 0.1) is 0 Å². The molecule has 1 aromatic carbocycles. The number of nitrogens with zero attached hydrogens (tertiary/aromatic N) is 1. The zero-order valence-corrected chi connectivity index (χ0v) is 12.9. The van der Waals surface area contributed by atoms with Crippen LogP contribution in [0.4, 0.5) is 0 Å². The van der Waals surface area contributed by atoms with Crippen molar-refractivity contribution in [2.45, 2.75) is 38.8 Å². The summed E-state index contributed by atoms with van der Waals surface area (Å²) < 4.78 is 1.13. The molecule has 0 saturated heterocycles. The predicted molar refractivity (Wildman–Crippen MR) is 80.5 cm³/mol. The van der Waals surface area contributed by atoms with Gasteiger partial charge in [0, 0.05) is 29.6 Å². The van der Waals surface area contributed by atoms with Crippen LogP contribution in [-0.4, -0.2) is 24.0 Å². The Morgan fingerprint density at radius 3 is 2.61 bits per heavy atom. The fourth-order valence-electron chi connectivity index (χ4n) is 2.47. The summed E-state index contributed by atoms with van der Waals surface area (Å²) in [7, 11) is 0. The molecular weight excluding hydrogens is 288 g/mol. The quantitative estimate of drug-likeness (QED) is 0.870. The highest BCUT2D eigenvalue weighted by Gasteiger charge is 2.29. The molecule has 0 heterocycles. The van der Waals surface area contributed by atoms with Gasteiger partial charge in [-0.3, -0.25) is 4.90 Å². The highest BCUT2D eigenvalue weighted by Crippen LogP contribution is 2.34. The van der Waals surface area contributed by atoms with Crippen LogP contribution in [-0.2, 0) is 0 Å².